The lowest BCUT2D eigenvalue weighted by molar-refractivity contribution is 0.593. The molecule has 0 aromatic carbocycles. The van der Waals surface area contributed by atoms with Crippen molar-refractivity contribution in [3.05, 3.63) is 55.9 Å². The molecule has 3 heterocycles. The molecule has 0 fully saturated rings. The highest BCUT2D eigenvalue weighted by molar-refractivity contribution is 7.12. The van der Waals surface area contributed by atoms with Crippen LogP contribution >= 0.6 is 22.7 Å². The average Bonchev–Trinajstić information content (AvgIpc) is 3.15. The normalized spacial score (nSPS) is 13.5. The minimum absolute atomic E-state index is 0.125. The SMILES string of the molecule is CC(C)(C)c1cc(-c2ccc(-c3cc(C(C)(C)C)[s+]c(C(C)(C)C)c3)[nH]2)cc(C(C)(C)C)[s+]1. The number of rotatable bonds is 2. The van der Waals surface area contributed by atoms with Crippen molar-refractivity contribution < 1.29 is 0 Å². The fourth-order valence-electron chi connectivity index (χ4n) is 3.52. The van der Waals surface area contributed by atoms with Gasteiger partial charge in [-0.25, -0.2) is 0 Å². The largest absolute Gasteiger partial charge is 0.355 e. The van der Waals surface area contributed by atoms with Crippen LogP contribution in [0.3, 0.4) is 0 Å². The molecule has 3 rings (SSSR count). The Morgan fingerprint density at radius 1 is 0.455 bits per heavy atom. The van der Waals surface area contributed by atoms with E-state index < -0.39 is 0 Å². The molecule has 0 radical (unpaired) electrons. The molecular weight excluding hydrogens is 438 g/mol. The summed E-state index contributed by atoms with van der Waals surface area (Å²) in [5.41, 5.74) is 5.44. The van der Waals surface area contributed by atoms with Gasteiger partial charge in [-0.2, -0.15) is 0 Å². The standard InChI is InChI=1S/C30H43NS2/c1-27(2,3)23-15-19(16-24(32-23)28(4,5)6)21-13-14-22(31-21)20-17-25(29(7,8)9)33-26(18-20)30(10,11)12/h13-18,31H,1-12H3/q+2. The summed E-state index contributed by atoms with van der Waals surface area (Å²) >= 11 is 3.89. The van der Waals surface area contributed by atoms with Crippen LogP contribution in [0.2, 0.25) is 0 Å². The minimum atomic E-state index is 0.125. The molecule has 3 heteroatoms. The van der Waals surface area contributed by atoms with Gasteiger partial charge in [-0.3, -0.25) is 0 Å². The van der Waals surface area contributed by atoms with E-state index in [-0.39, 0.29) is 21.7 Å². The van der Waals surface area contributed by atoms with Crippen molar-refractivity contribution in [2.75, 3.05) is 0 Å². The van der Waals surface area contributed by atoms with E-state index in [1.807, 2.05) is 22.7 Å². The minimum Gasteiger partial charge on any atom is -0.355 e. The van der Waals surface area contributed by atoms with Crippen molar-refractivity contribution in [2.24, 2.45) is 0 Å². The number of aromatic amines is 1. The Bertz CT molecular complexity index is 985. The van der Waals surface area contributed by atoms with Crippen molar-refractivity contribution in [1.82, 2.24) is 4.98 Å². The first-order valence-electron chi connectivity index (χ1n) is 12.0. The van der Waals surface area contributed by atoms with E-state index in [1.54, 1.807) is 0 Å². The van der Waals surface area contributed by atoms with Gasteiger partial charge in [0.15, 0.2) is 0 Å². The summed E-state index contributed by atoms with van der Waals surface area (Å²) in [6.07, 6.45) is 0. The predicted molar refractivity (Wildman–Crippen MR) is 151 cm³/mol. The first-order chi connectivity index (χ1) is 14.9. The molecule has 1 nitrogen and oxygen atoms in total. The van der Waals surface area contributed by atoms with Gasteiger partial charge in [0.2, 0.25) is 42.2 Å². The maximum atomic E-state index is 3.77. The zero-order valence-corrected chi connectivity index (χ0v) is 24.4. The maximum Gasteiger partial charge on any atom is 0.219 e. The van der Waals surface area contributed by atoms with Crippen molar-refractivity contribution >= 4 is 22.7 Å². The van der Waals surface area contributed by atoms with Crippen LogP contribution in [0.25, 0.3) is 22.5 Å². The van der Waals surface area contributed by atoms with E-state index >= 15 is 0 Å². The molecule has 0 aliphatic carbocycles. The van der Waals surface area contributed by atoms with E-state index in [1.165, 1.54) is 42.0 Å². The van der Waals surface area contributed by atoms with Crippen LogP contribution in [0.4, 0.5) is 0 Å². The van der Waals surface area contributed by atoms with Gasteiger partial charge in [0, 0.05) is 68.4 Å². The first-order valence-corrected chi connectivity index (χ1v) is 13.7. The van der Waals surface area contributed by atoms with Crippen molar-refractivity contribution in [2.45, 2.75) is 105 Å². The molecule has 0 spiro atoms. The Balaban J connectivity index is 2.15. The molecule has 1 N–H and O–H groups in total. The Kier molecular flexibility index (Phi) is 6.76. The van der Waals surface area contributed by atoms with E-state index in [0.717, 1.165) is 0 Å². The summed E-state index contributed by atoms with van der Waals surface area (Å²) in [5, 5.41) is 0. The van der Waals surface area contributed by atoms with Gasteiger partial charge in [0.1, 0.15) is 0 Å². The highest BCUT2D eigenvalue weighted by Gasteiger charge is 2.34. The van der Waals surface area contributed by atoms with Crippen LogP contribution in [0, 0.1) is 0 Å². The first kappa shape index (κ1) is 26.0. The van der Waals surface area contributed by atoms with E-state index in [0.29, 0.717) is 0 Å². The van der Waals surface area contributed by atoms with Gasteiger partial charge in [0.05, 0.1) is 0 Å². The molecule has 3 aromatic rings. The molecule has 0 unspecified atom stereocenters. The van der Waals surface area contributed by atoms with Crippen LogP contribution in [0.1, 0.15) is 103 Å². The number of hydrogen-bond donors (Lipinski definition) is 1. The highest BCUT2D eigenvalue weighted by atomic mass is 32.1. The molecule has 0 aliphatic rings. The molecule has 3 aromatic heterocycles. The molecule has 0 saturated carbocycles. The van der Waals surface area contributed by atoms with E-state index in [9.17, 15) is 0 Å². The lowest BCUT2D eigenvalue weighted by Gasteiger charge is -2.16. The molecule has 0 atom stereocenters. The fraction of sp³-hybridized carbons (Fsp3) is 0.533. The number of aromatic nitrogens is 1. The quantitative estimate of drug-likeness (QED) is 0.350. The van der Waals surface area contributed by atoms with Crippen LogP contribution in [0.15, 0.2) is 36.4 Å². The van der Waals surface area contributed by atoms with Crippen LogP contribution in [-0.2, 0) is 21.7 Å². The smallest absolute Gasteiger partial charge is 0.219 e. The summed E-state index contributed by atoms with van der Waals surface area (Å²) in [4.78, 5) is 9.46. The third kappa shape index (κ3) is 6.11. The molecule has 33 heavy (non-hydrogen) atoms. The predicted octanol–water partition coefficient (Wildman–Crippen LogP) is 10.2. The fourth-order valence-corrected chi connectivity index (χ4v) is 5.97. The Hall–Kier alpha value is -1.58. The summed E-state index contributed by atoms with van der Waals surface area (Å²) in [6.45, 7) is 27.7. The second-order valence-electron chi connectivity index (χ2n) is 13.4. The van der Waals surface area contributed by atoms with Gasteiger partial charge >= 0.3 is 0 Å². The third-order valence-corrected chi connectivity index (χ3v) is 9.65. The second-order valence-corrected chi connectivity index (χ2v) is 15.6. The second kappa shape index (κ2) is 8.57. The molecule has 0 saturated heterocycles. The van der Waals surface area contributed by atoms with Crippen LogP contribution < -0.4 is 0 Å². The summed E-state index contributed by atoms with van der Waals surface area (Å²) in [6, 6.07) is 14.0. The van der Waals surface area contributed by atoms with Gasteiger partial charge < -0.3 is 4.98 Å². The Morgan fingerprint density at radius 3 is 0.909 bits per heavy atom. The highest BCUT2D eigenvalue weighted by Crippen LogP contribution is 2.40. The molecule has 178 valence electrons. The van der Waals surface area contributed by atoms with Crippen LogP contribution in [-0.4, -0.2) is 4.98 Å². The molecule has 0 aliphatic heterocycles. The summed E-state index contributed by atoms with van der Waals surface area (Å²) in [5.74, 6) is 0. The molecular formula is C30H43NS2+2. The van der Waals surface area contributed by atoms with Crippen molar-refractivity contribution in [3.63, 3.8) is 0 Å². The van der Waals surface area contributed by atoms with Crippen molar-refractivity contribution in [1.29, 1.82) is 0 Å². The topological polar surface area (TPSA) is 15.8 Å². The number of H-pyrrole nitrogens is 1. The zero-order valence-electron chi connectivity index (χ0n) is 22.8. The van der Waals surface area contributed by atoms with Gasteiger partial charge in [-0.05, 0) is 12.1 Å². The van der Waals surface area contributed by atoms with Gasteiger partial charge in [0.25, 0.3) is 0 Å². The van der Waals surface area contributed by atoms with Crippen molar-refractivity contribution in [3.8, 4) is 22.5 Å². The summed E-state index contributed by atoms with van der Waals surface area (Å²) in [7, 11) is 0. The van der Waals surface area contributed by atoms with E-state index in [2.05, 4.69) is 124 Å². The zero-order chi connectivity index (χ0) is 25.0. The van der Waals surface area contributed by atoms with E-state index in [4.69, 9.17) is 0 Å². The van der Waals surface area contributed by atoms with Crippen LogP contribution in [0.5, 0.6) is 0 Å². The van der Waals surface area contributed by atoms with Gasteiger partial charge in [-0.15, -0.1) is 0 Å². The molecule has 0 amide bonds. The monoisotopic (exact) mass is 481 g/mol. The summed E-state index contributed by atoms with van der Waals surface area (Å²) < 4.78 is 0. The number of hydrogen-bond acceptors (Lipinski definition) is 0. The van der Waals surface area contributed by atoms with Gasteiger partial charge in [-0.1, -0.05) is 83.1 Å². The third-order valence-electron chi connectivity index (χ3n) is 5.85. The lowest BCUT2D eigenvalue weighted by atomic mass is 9.91. The average molecular weight is 482 g/mol. The number of nitrogens with one attached hydrogen (secondary N) is 1. The maximum absolute atomic E-state index is 3.77. The molecule has 0 bridgehead atoms. The lowest BCUT2D eigenvalue weighted by Crippen LogP contribution is -2.14. The Morgan fingerprint density at radius 2 is 0.697 bits per heavy atom. The Labute approximate surface area is 210 Å².